The topological polar surface area (TPSA) is 209 Å². The van der Waals surface area contributed by atoms with Crippen LogP contribution in [-0.2, 0) is 38.1 Å². The Labute approximate surface area is 287 Å². The van der Waals surface area contributed by atoms with E-state index in [0.717, 1.165) is 25.7 Å². The highest BCUT2D eigenvalue weighted by Crippen LogP contribution is 2.60. The molecule has 0 heterocycles. The molecule has 10 atom stereocenters. The van der Waals surface area contributed by atoms with E-state index in [0.29, 0.717) is 38.5 Å². The van der Waals surface area contributed by atoms with Crippen molar-refractivity contribution in [3.05, 3.63) is 0 Å². The molecular weight excluding hydrogens is 616 g/mol. The van der Waals surface area contributed by atoms with Gasteiger partial charge in [0.2, 0.25) is 0 Å². The van der Waals surface area contributed by atoms with Gasteiger partial charge in [-0.2, -0.15) is 0 Å². The molecule has 12 nitrogen and oxygen atoms in total. The van der Waals surface area contributed by atoms with Crippen LogP contribution in [0.4, 0.5) is 0 Å². The van der Waals surface area contributed by atoms with Crippen molar-refractivity contribution in [3.8, 4) is 0 Å². The van der Waals surface area contributed by atoms with Gasteiger partial charge in [-0.05, 0) is 92.8 Å². The van der Waals surface area contributed by atoms with E-state index in [2.05, 4.69) is 27.7 Å². The van der Waals surface area contributed by atoms with Crippen LogP contribution in [0.2, 0.25) is 0 Å². The zero-order valence-electron chi connectivity index (χ0n) is 29.9. The fraction of sp³-hybridized carbons (Fsp3) is 0.889. The second-order valence-electron chi connectivity index (χ2n) is 15.2. The van der Waals surface area contributed by atoms with Crippen LogP contribution < -0.4 is 22.9 Å². The van der Waals surface area contributed by atoms with Crippen LogP contribution in [0.3, 0.4) is 0 Å². The van der Waals surface area contributed by atoms with Crippen LogP contribution in [0.15, 0.2) is 0 Å². The Balaban J connectivity index is 2.02. The Kier molecular flexibility index (Phi) is 15.6. The zero-order valence-corrected chi connectivity index (χ0v) is 29.9. The maximum Gasteiger partial charge on any atom is 0.307 e. The van der Waals surface area contributed by atoms with E-state index in [1.54, 1.807) is 0 Å². The minimum absolute atomic E-state index is 0.0961. The number of rotatable bonds is 15. The zero-order chi connectivity index (χ0) is 35.5. The Morgan fingerprint density at radius 1 is 0.688 bits per heavy atom. The smallest absolute Gasteiger partial charge is 0.307 e. The summed E-state index contributed by atoms with van der Waals surface area (Å²) in [6, 6.07) is 0. The summed E-state index contributed by atoms with van der Waals surface area (Å²) >= 11 is 0. The molecule has 0 amide bonds. The van der Waals surface area contributed by atoms with Gasteiger partial charge in [-0.3, -0.25) is 19.2 Å². The lowest BCUT2D eigenvalue weighted by Crippen LogP contribution is -2.51. The van der Waals surface area contributed by atoms with Crippen molar-refractivity contribution in [1.82, 2.24) is 0 Å². The van der Waals surface area contributed by atoms with Gasteiger partial charge in [0.25, 0.3) is 0 Å². The Morgan fingerprint density at radius 2 is 1.25 bits per heavy atom. The number of hydrogen-bond acceptors (Lipinski definition) is 12. The molecule has 276 valence electrons. The predicted molar refractivity (Wildman–Crippen MR) is 182 cm³/mol. The van der Waals surface area contributed by atoms with Crippen LogP contribution in [0.1, 0.15) is 111 Å². The second kappa shape index (κ2) is 18.6. The van der Waals surface area contributed by atoms with Gasteiger partial charge in [0.15, 0.2) is 0 Å². The molecule has 8 N–H and O–H groups in total. The van der Waals surface area contributed by atoms with Crippen molar-refractivity contribution in [1.29, 1.82) is 0 Å². The molecule has 12 heteroatoms. The number of ether oxygens (including phenoxy) is 4. The summed E-state index contributed by atoms with van der Waals surface area (Å²) in [5.41, 5.74) is 22.0. The summed E-state index contributed by atoms with van der Waals surface area (Å²) in [6.45, 7) is 10.1. The summed E-state index contributed by atoms with van der Waals surface area (Å²) in [7, 11) is 0. The molecule has 0 aromatic carbocycles. The van der Waals surface area contributed by atoms with Gasteiger partial charge in [-0.25, -0.2) is 0 Å². The molecule has 3 aliphatic rings. The predicted octanol–water partition coefficient (Wildman–Crippen LogP) is 3.35. The average molecular weight is 681 g/mol. The van der Waals surface area contributed by atoms with Crippen LogP contribution in [0, 0.1) is 40.4 Å². The number of carbonyl (C=O) groups is 4. The first-order chi connectivity index (χ1) is 22.8. The largest absolute Gasteiger partial charge is 0.464 e. The molecule has 0 aliphatic heterocycles. The van der Waals surface area contributed by atoms with Gasteiger partial charge in [-0.1, -0.05) is 27.7 Å². The maximum absolute atomic E-state index is 13.2. The number of hydrogen-bond donors (Lipinski definition) is 4. The molecule has 0 saturated heterocycles. The Morgan fingerprint density at radius 3 is 1.85 bits per heavy atom. The molecule has 2 unspecified atom stereocenters. The molecule has 0 bridgehead atoms. The second-order valence-corrected chi connectivity index (χ2v) is 15.2. The van der Waals surface area contributed by atoms with E-state index < -0.39 is 11.5 Å². The normalized spacial score (nSPS) is 34.2. The third-order valence-electron chi connectivity index (χ3n) is 12.3. The first-order valence-electron chi connectivity index (χ1n) is 18.4. The van der Waals surface area contributed by atoms with Gasteiger partial charge in [0.05, 0.1) is 19.3 Å². The SMILES string of the molecule is C[C@H](CCC(=O)OCCN)C1CC[C@H]2C[C@H](OC(=O)CCN)CC3C[C@H](OC(=O)CCN)CC[C@]3(C)[C@H](C)C[C@H](OC(=O)CCN)[C@]12C. The van der Waals surface area contributed by atoms with Gasteiger partial charge in [-0.15, -0.1) is 0 Å². The van der Waals surface area contributed by atoms with Gasteiger partial charge in [0, 0.05) is 38.0 Å². The molecule has 0 aromatic heterocycles. The third-order valence-corrected chi connectivity index (χ3v) is 12.3. The van der Waals surface area contributed by atoms with E-state index >= 15 is 0 Å². The molecule has 0 spiro atoms. The summed E-state index contributed by atoms with van der Waals surface area (Å²) in [6.07, 6.45) is 6.34. The summed E-state index contributed by atoms with van der Waals surface area (Å²) < 4.78 is 23.8. The van der Waals surface area contributed by atoms with Gasteiger partial charge in [0.1, 0.15) is 24.9 Å². The first-order valence-corrected chi connectivity index (χ1v) is 18.4. The van der Waals surface area contributed by atoms with Crippen molar-refractivity contribution in [2.45, 2.75) is 129 Å². The molecule has 48 heavy (non-hydrogen) atoms. The molecule has 3 aliphatic carbocycles. The van der Waals surface area contributed by atoms with E-state index in [1.165, 1.54) is 0 Å². The number of esters is 4. The van der Waals surface area contributed by atoms with Crippen LogP contribution >= 0.6 is 0 Å². The van der Waals surface area contributed by atoms with Crippen LogP contribution in [0.25, 0.3) is 0 Å². The third kappa shape index (κ3) is 10.1. The standard InChI is InChI=1S/C36H64N4O8/c1-23(5-8-31(41)45-18-17-40)29-7-6-25-20-28(47-33(43)11-15-38)22-26-21-27(46-32(42)10-14-37)9-13-35(26,3)24(2)19-30(36(25,29)4)48-34(44)12-16-39/h23-30H,5-22,37-40H2,1-4H3/t23-,24-,25+,26?,27-,28+,29?,30+,35-,36+/m1/s1. The van der Waals surface area contributed by atoms with E-state index in [4.69, 9.17) is 41.9 Å². The first kappa shape index (κ1) is 40.2. The Bertz CT molecular complexity index is 1080. The quantitative estimate of drug-likeness (QED) is 0.145. The average Bonchev–Trinajstić information content (AvgIpc) is 3.36. The number of nitrogens with two attached hydrogens (primary N) is 4. The van der Waals surface area contributed by atoms with E-state index in [-0.39, 0.29) is 123 Å². The highest BCUT2D eigenvalue weighted by atomic mass is 16.6. The molecular formula is C36H64N4O8. The monoisotopic (exact) mass is 680 g/mol. The van der Waals surface area contributed by atoms with E-state index in [9.17, 15) is 19.2 Å². The van der Waals surface area contributed by atoms with E-state index in [1.807, 2.05) is 0 Å². The highest BCUT2D eigenvalue weighted by Gasteiger charge is 2.57. The van der Waals surface area contributed by atoms with Crippen molar-refractivity contribution in [2.75, 3.05) is 32.8 Å². The minimum Gasteiger partial charge on any atom is -0.464 e. The lowest BCUT2D eigenvalue weighted by molar-refractivity contribution is -0.172. The number of fused-ring (bicyclic) bond motifs is 2. The van der Waals surface area contributed by atoms with Crippen molar-refractivity contribution < 1.29 is 38.1 Å². The minimum atomic E-state index is -0.435. The number of carbonyl (C=O) groups excluding carboxylic acids is 4. The summed E-state index contributed by atoms with van der Waals surface area (Å²) in [4.78, 5) is 51.1. The highest BCUT2D eigenvalue weighted by molar-refractivity contribution is 5.71. The molecule has 0 aromatic rings. The molecule has 3 rings (SSSR count). The van der Waals surface area contributed by atoms with Gasteiger partial charge < -0.3 is 41.9 Å². The van der Waals surface area contributed by atoms with Crippen molar-refractivity contribution in [3.63, 3.8) is 0 Å². The molecule has 0 radical (unpaired) electrons. The van der Waals surface area contributed by atoms with Crippen molar-refractivity contribution >= 4 is 23.9 Å². The lowest BCUT2D eigenvalue weighted by atomic mass is 9.54. The Hall–Kier alpha value is -2.28. The van der Waals surface area contributed by atoms with Gasteiger partial charge >= 0.3 is 23.9 Å². The summed E-state index contributed by atoms with van der Waals surface area (Å²) in [5.74, 6) is -0.516. The van der Waals surface area contributed by atoms with Crippen molar-refractivity contribution in [2.24, 2.45) is 63.4 Å². The summed E-state index contributed by atoms with van der Waals surface area (Å²) in [5, 5.41) is 0. The fourth-order valence-corrected chi connectivity index (χ4v) is 9.28. The fourth-order valence-electron chi connectivity index (χ4n) is 9.28. The van der Waals surface area contributed by atoms with Crippen LogP contribution in [0.5, 0.6) is 0 Å². The maximum atomic E-state index is 13.2. The molecule has 3 saturated carbocycles. The molecule has 3 fully saturated rings. The lowest BCUT2D eigenvalue weighted by Gasteiger charge is -2.53. The van der Waals surface area contributed by atoms with Crippen LogP contribution in [-0.4, -0.2) is 75.0 Å².